The zero-order chi connectivity index (χ0) is 20.5. The van der Waals surface area contributed by atoms with Gasteiger partial charge in [0.25, 0.3) is 0 Å². The Morgan fingerprint density at radius 3 is 2.07 bits per heavy atom. The van der Waals surface area contributed by atoms with Crippen LogP contribution < -0.4 is 5.32 Å². The van der Waals surface area contributed by atoms with E-state index in [0.29, 0.717) is 0 Å². The molecule has 10 unspecified atom stereocenters. The molecule has 1 amide bonds. The van der Waals surface area contributed by atoms with Crippen LogP contribution in [0.5, 0.6) is 0 Å². The van der Waals surface area contributed by atoms with E-state index in [4.69, 9.17) is 14.6 Å². The molecule has 2 fully saturated rings. The molecule has 0 saturated carbocycles. The number of amides is 1. The van der Waals surface area contributed by atoms with Gasteiger partial charge in [-0.05, 0) is 6.42 Å². The second-order valence-electron chi connectivity index (χ2n) is 6.77. The summed E-state index contributed by atoms with van der Waals surface area (Å²) in [5.41, 5.74) is 0. The van der Waals surface area contributed by atoms with E-state index >= 15 is 0 Å². The van der Waals surface area contributed by atoms with E-state index in [1.54, 1.807) is 0 Å². The fraction of sp³-hybridized carbons (Fsp3) is 0.867. The van der Waals surface area contributed by atoms with Gasteiger partial charge in [0.1, 0.15) is 24.4 Å². The largest absolute Gasteiger partial charge is 0.479 e. The molecule has 12 nitrogen and oxygen atoms in total. The summed E-state index contributed by atoms with van der Waals surface area (Å²) in [4.78, 5) is 22.6. The number of aliphatic hydroxyl groups excluding tert-OH is 6. The van der Waals surface area contributed by atoms with Gasteiger partial charge in [-0.25, -0.2) is 4.79 Å². The molecule has 2 aliphatic rings. The zero-order valence-electron chi connectivity index (χ0n) is 14.5. The first-order valence-electron chi connectivity index (χ1n) is 8.40. The number of aliphatic carboxylic acids is 1. The quantitative estimate of drug-likeness (QED) is 0.222. The summed E-state index contributed by atoms with van der Waals surface area (Å²) in [6, 6.07) is -1.15. The Morgan fingerprint density at radius 2 is 1.56 bits per heavy atom. The van der Waals surface area contributed by atoms with Crippen molar-refractivity contribution in [3.05, 3.63) is 0 Å². The summed E-state index contributed by atoms with van der Waals surface area (Å²) in [5, 5.41) is 71.1. The lowest BCUT2D eigenvalue weighted by molar-refractivity contribution is -0.259. The fourth-order valence-electron chi connectivity index (χ4n) is 3.51. The number of hydrogen-bond donors (Lipinski definition) is 8. The maximum absolute atomic E-state index is 11.4. The van der Waals surface area contributed by atoms with Crippen LogP contribution in [0.3, 0.4) is 0 Å². The summed E-state index contributed by atoms with van der Waals surface area (Å²) in [5.74, 6) is -3.13. The van der Waals surface area contributed by atoms with Crippen molar-refractivity contribution in [1.29, 1.82) is 0 Å². The van der Waals surface area contributed by atoms with Gasteiger partial charge in [0.2, 0.25) is 5.91 Å². The Morgan fingerprint density at radius 1 is 0.926 bits per heavy atom. The van der Waals surface area contributed by atoms with Crippen molar-refractivity contribution in [2.24, 2.45) is 5.92 Å². The number of carbonyl (C=O) groups excluding carboxylic acids is 1. The van der Waals surface area contributed by atoms with Gasteiger partial charge >= 0.3 is 5.97 Å². The third-order valence-electron chi connectivity index (χ3n) is 4.91. The highest BCUT2D eigenvalue weighted by Gasteiger charge is 2.51. The van der Waals surface area contributed by atoms with Crippen LogP contribution in [0.25, 0.3) is 0 Å². The minimum Gasteiger partial charge on any atom is -0.479 e. The topological polar surface area (TPSA) is 206 Å². The van der Waals surface area contributed by atoms with E-state index in [0.717, 1.165) is 0 Å². The average molecular weight is 395 g/mol. The van der Waals surface area contributed by atoms with Crippen LogP contribution in [-0.2, 0) is 19.1 Å². The van der Waals surface area contributed by atoms with Gasteiger partial charge in [0.05, 0.1) is 24.9 Å². The second kappa shape index (κ2) is 8.75. The van der Waals surface area contributed by atoms with Crippen molar-refractivity contribution < 1.29 is 54.8 Å². The molecule has 2 aliphatic heterocycles. The molecule has 12 heteroatoms. The lowest BCUT2D eigenvalue weighted by atomic mass is 9.80. The van der Waals surface area contributed by atoms with Crippen molar-refractivity contribution in [2.45, 2.75) is 68.4 Å². The second-order valence-corrected chi connectivity index (χ2v) is 6.77. The smallest absolute Gasteiger partial charge is 0.335 e. The van der Waals surface area contributed by atoms with Gasteiger partial charge in [0, 0.05) is 12.8 Å². The Kier molecular flexibility index (Phi) is 7.10. The number of carbonyl (C=O) groups is 2. The predicted molar refractivity (Wildman–Crippen MR) is 84.0 cm³/mol. The van der Waals surface area contributed by atoms with Crippen LogP contribution in [-0.4, -0.2) is 109 Å². The zero-order valence-corrected chi connectivity index (χ0v) is 14.5. The Balaban J connectivity index is 2.25. The monoisotopic (exact) mass is 395 g/mol. The number of carboxylic acids is 1. The number of ether oxygens (including phenoxy) is 2. The number of aliphatic hydroxyl groups is 6. The Bertz CT molecular complexity index is 546. The highest BCUT2D eigenvalue weighted by atomic mass is 16.6. The molecule has 8 N–H and O–H groups in total. The molecule has 0 aromatic carbocycles. The van der Waals surface area contributed by atoms with Crippen molar-refractivity contribution in [2.75, 3.05) is 6.61 Å². The minimum atomic E-state index is -1.87. The molecule has 0 spiro atoms. The van der Waals surface area contributed by atoms with Gasteiger partial charge < -0.3 is 50.5 Å². The van der Waals surface area contributed by atoms with Gasteiger partial charge in [0.15, 0.2) is 12.4 Å². The van der Waals surface area contributed by atoms with Gasteiger partial charge in [-0.2, -0.15) is 0 Å². The molecule has 0 radical (unpaired) electrons. The maximum atomic E-state index is 11.4. The van der Waals surface area contributed by atoms with Gasteiger partial charge in [-0.15, -0.1) is 0 Å². The van der Waals surface area contributed by atoms with Crippen LogP contribution in [0, 0.1) is 5.92 Å². The third kappa shape index (κ3) is 4.55. The third-order valence-corrected chi connectivity index (χ3v) is 4.91. The van der Waals surface area contributed by atoms with E-state index in [-0.39, 0.29) is 6.42 Å². The molecule has 0 aromatic rings. The van der Waals surface area contributed by atoms with E-state index in [9.17, 15) is 40.2 Å². The first-order valence-corrected chi connectivity index (χ1v) is 8.40. The summed E-state index contributed by atoms with van der Waals surface area (Å²) in [6.07, 6.45) is -13.0. The number of rotatable bonds is 5. The Hall–Kier alpha value is -1.38. The molecule has 0 bridgehead atoms. The first kappa shape index (κ1) is 21.9. The highest BCUT2D eigenvalue weighted by molar-refractivity contribution is 5.73. The normalized spacial score (nSPS) is 45.3. The van der Waals surface area contributed by atoms with Crippen LogP contribution >= 0.6 is 0 Å². The van der Waals surface area contributed by atoms with Crippen molar-refractivity contribution in [1.82, 2.24) is 5.32 Å². The lowest BCUT2D eigenvalue weighted by Crippen LogP contribution is -2.64. The van der Waals surface area contributed by atoms with Crippen molar-refractivity contribution in [3.63, 3.8) is 0 Å². The summed E-state index contributed by atoms with van der Waals surface area (Å²) in [7, 11) is 0. The van der Waals surface area contributed by atoms with Crippen molar-refractivity contribution >= 4 is 11.9 Å². The van der Waals surface area contributed by atoms with E-state index < -0.39 is 79.5 Å². The highest BCUT2D eigenvalue weighted by Crippen LogP contribution is 2.33. The van der Waals surface area contributed by atoms with Gasteiger partial charge in [-0.1, -0.05) is 0 Å². The molecule has 0 aromatic heterocycles. The Labute approximate surface area is 153 Å². The number of carboxylic acid groups (broad SMARTS) is 1. The first-order chi connectivity index (χ1) is 12.6. The van der Waals surface area contributed by atoms with E-state index in [2.05, 4.69) is 5.32 Å². The molecule has 27 heavy (non-hydrogen) atoms. The van der Waals surface area contributed by atoms with Crippen LogP contribution in [0.2, 0.25) is 0 Å². The van der Waals surface area contributed by atoms with E-state index in [1.807, 2.05) is 0 Å². The average Bonchev–Trinajstić information content (AvgIpc) is 2.60. The standard InChI is InChI=1S/C15H25NO11/c1-4(18)16-8-5(9(19)7(3-17)27-15(8)25)2-6-10(20)11(21)12(22)13(26-6)14(23)24/h5-13,15,17,19-22,25H,2-3H2,1H3,(H,16,18)(H,23,24). The minimum absolute atomic E-state index is 0.308. The summed E-state index contributed by atoms with van der Waals surface area (Å²) >= 11 is 0. The molecular weight excluding hydrogens is 370 g/mol. The van der Waals surface area contributed by atoms with Gasteiger partial charge in [-0.3, -0.25) is 4.79 Å². The summed E-state index contributed by atoms with van der Waals surface area (Å²) < 4.78 is 10.2. The van der Waals surface area contributed by atoms with Crippen LogP contribution in [0.1, 0.15) is 13.3 Å². The number of hydrogen-bond acceptors (Lipinski definition) is 10. The molecule has 2 saturated heterocycles. The number of nitrogens with one attached hydrogen (secondary N) is 1. The van der Waals surface area contributed by atoms with Crippen LogP contribution in [0.4, 0.5) is 0 Å². The van der Waals surface area contributed by atoms with Crippen molar-refractivity contribution in [3.8, 4) is 0 Å². The maximum Gasteiger partial charge on any atom is 0.335 e. The van der Waals surface area contributed by atoms with E-state index in [1.165, 1.54) is 6.92 Å². The molecule has 10 atom stereocenters. The van der Waals surface area contributed by atoms with Crippen LogP contribution in [0.15, 0.2) is 0 Å². The predicted octanol–water partition coefficient (Wildman–Crippen LogP) is -4.50. The molecule has 156 valence electrons. The molecule has 2 rings (SSSR count). The SMILES string of the molecule is CC(=O)NC1C(O)OC(CO)C(O)C1CC1OC(C(=O)O)C(O)C(O)C1O. The lowest BCUT2D eigenvalue weighted by Gasteiger charge is -2.46. The summed E-state index contributed by atoms with van der Waals surface area (Å²) in [6.45, 7) is 0.523. The molecule has 2 heterocycles. The molecule has 0 aliphatic carbocycles. The molecular formula is C15H25NO11. The fourth-order valence-corrected chi connectivity index (χ4v) is 3.51.